The molecule has 3 aromatic heterocycles. The van der Waals surface area contributed by atoms with Gasteiger partial charge in [-0.05, 0) is 36.6 Å². The van der Waals surface area contributed by atoms with Gasteiger partial charge in [0.05, 0.1) is 4.90 Å². The predicted molar refractivity (Wildman–Crippen MR) is 108 cm³/mol. The van der Waals surface area contributed by atoms with Gasteiger partial charge in [0.1, 0.15) is 5.69 Å². The maximum Gasteiger partial charge on any atom is 0.490 e. The van der Waals surface area contributed by atoms with Crippen molar-refractivity contribution in [3.63, 3.8) is 0 Å². The number of nitrogens with one attached hydrogen (secondary N) is 1. The van der Waals surface area contributed by atoms with E-state index in [1.807, 2.05) is 18.3 Å². The molecule has 2 N–H and O–H groups in total. The summed E-state index contributed by atoms with van der Waals surface area (Å²) in [6.07, 6.45) is 6.38. The van der Waals surface area contributed by atoms with E-state index in [0.717, 1.165) is 28.3 Å². The molecule has 0 radical (unpaired) electrons. The largest absolute Gasteiger partial charge is 0.490 e. The summed E-state index contributed by atoms with van der Waals surface area (Å²) in [5.74, 6) is -1.44. The number of aromatic nitrogens is 4. The number of H-pyrrole nitrogens is 1. The van der Waals surface area contributed by atoms with Gasteiger partial charge in [0.15, 0.2) is 15.7 Å². The van der Waals surface area contributed by atoms with Crippen LogP contribution in [0.3, 0.4) is 0 Å². The van der Waals surface area contributed by atoms with Gasteiger partial charge in [0, 0.05) is 48.2 Å². The number of pyridine rings is 2. The maximum atomic E-state index is 11.7. The first kappa shape index (κ1) is 23.4. The molecule has 0 amide bonds. The number of hydrogen-bond donors (Lipinski definition) is 2. The summed E-state index contributed by atoms with van der Waals surface area (Å²) in [5.41, 5.74) is 3.48. The van der Waals surface area contributed by atoms with Crippen LogP contribution >= 0.6 is 0 Å². The molecule has 0 bridgehead atoms. The molecule has 170 valence electrons. The molecule has 12 heteroatoms. The number of rotatable bonds is 4. The van der Waals surface area contributed by atoms with Crippen molar-refractivity contribution in [1.82, 2.24) is 19.9 Å². The molecule has 1 aliphatic carbocycles. The number of aliphatic carboxylic acids is 1. The Morgan fingerprint density at radius 2 is 1.81 bits per heavy atom. The fourth-order valence-corrected chi connectivity index (χ4v) is 3.50. The molecular formula is C20H19F3N4O4S. The highest BCUT2D eigenvalue weighted by Gasteiger charge is 2.38. The van der Waals surface area contributed by atoms with Crippen molar-refractivity contribution in [3.05, 3.63) is 48.7 Å². The first-order chi connectivity index (χ1) is 14.9. The van der Waals surface area contributed by atoms with E-state index in [-0.39, 0.29) is 4.90 Å². The minimum atomic E-state index is -5.08. The Bertz CT molecular complexity index is 1220. The summed E-state index contributed by atoms with van der Waals surface area (Å²) >= 11 is 0. The smallest absolute Gasteiger partial charge is 0.475 e. The van der Waals surface area contributed by atoms with Gasteiger partial charge in [-0.3, -0.25) is 9.97 Å². The number of hydrogen-bond acceptors (Lipinski definition) is 6. The molecule has 1 saturated carbocycles. The molecule has 0 saturated heterocycles. The van der Waals surface area contributed by atoms with Gasteiger partial charge in [-0.1, -0.05) is 6.42 Å². The highest BCUT2D eigenvalue weighted by molar-refractivity contribution is 7.90. The van der Waals surface area contributed by atoms with Gasteiger partial charge in [0.25, 0.3) is 0 Å². The zero-order chi connectivity index (χ0) is 23.5. The van der Waals surface area contributed by atoms with E-state index in [1.165, 1.54) is 31.7 Å². The second-order valence-corrected chi connectivity index (χ2v) is 9.24. The van der Waals surface area contributed by atoms with Gasteiger partial charge < -0.3 is 10.1 Å². The second-order valence-electron chi connectivity index (χ2n) is 7.23. The Labute approximate surface area is 181 Å². The van der Waals surface area contributed by atoms with Crippen molar-refractivity contribution in [3.8, 4) is 22.6 Å². The van der Waals surface area contributed by atoms with E-state index in [0.29, 0.717) is 5.92 Å². The average molecular weight is 468 g/mol. The minimum Gasteiger partial charge on any atom is -0.475 e. The van der Waals surface area contributed by atoms with E-state index >= 15 is 0 Å². The number of aromatic amines is 1. The fraction of sp³-hybridized carbons (Fsp3) is 0.300. The molecular weight excluding hydrogens is 449 g/mol. The van der Waals surface area contributed by atoms with Crippen LogP contribution in [0.4, 0.5) is 13.2 Å². The lowest BCUT2D eigenvalue weighted by molar-refractivity contribution is -0.192. The van der Waals surface area contributed by atoms with Crippen LogP contribution in [0, 0.1) is 0 Å². The van der Waals surface area contributed by atoms with Gasteiger partial charge >= 0.3 is 12.1 Å². The number of halogens is 3. The maximum absolute atomic E-state index is 11.7. The summed E-state index contributed by atoms with van der Waals surface area (Å²) in [5, 5.41) is 7.12. The van der Waals surface area contributed by atoms with Crippen LogP contribution in [0.5, 0.6) is 0 Å². The monoisotopic (exact) mass is 468 g/mol. The van der Waals surface area contributed by atoms with E-state index in [9.17, 15) is 21.6 Å². The number of sulfone groups is 1. The lowest BCUT2D eigenvalue weighted by Gasteiger charge is -2.23. The Morgan fingerprint density at radius 3 is 2.38 bits per heavy atom. The fourth-order valence-electron chi connectivity index (χ4n) is 2.91. The normalized spacial score (nSPS) is 14.2. The van der Waals surface area contributed by atoms with Crippen molar-refractivity contribution in [2.45, 2.75) is 36.3 Å². The van der Waals surface area contributed by atoms with Crippen LogP contribution in [-0.4, -0.2) is 51.9 Å². The molecule has 0 unspecified atom stereocenters. The molecule has 1 fully saturated rings. The summed E-state index contributed by atoms with van der Waals surface area (Å²) in [4.78, 5) is 25.4. The summed E-state index contributed by atoms with van der Waals surface area (Å²) in [6, 6.07) is 5.36. The van der Waals surface area contributed by atoms with Gasteiger partial charge in [-0.15, -0.1) is 0 Å². The van der Waals surface area contributed by atoms with Crippen molar-refractivity contribution < 1.29 is 31.5 Å². The minimum absolute atomic E-state index is 0.202. The van der Waals surface area contributed by atoms with Crippen molar-refractivity contribution in [2.75, 3.05) is 6.26 Å². The highest BCUT2D eigenvalue weighted by Crippen LogP contribution is 2.36. The molecule has 0 atom stereocenters. The van der Waals surface area contributed by atoms with E-state index in [2.05, 4.69) is 19.9 Å². The number of nitrogens with zero attached hydrogens (tertiary/aromatic N) is 3. The van der Waals surface area contributed by atoms with Crippen LogP contribution in [0.15, 0.2) is 47.9 Å². The zero-order valence-corrected chi connectivity index (χ0v) is 17.6. The first-order valence-corrected chi connectivity index (χ1v) is 11.3. The number of carboxylic acids is 1. The molecule has 0 spiro atoms. The van der Waals surface area contributed by atoms with E-state index < -0.39 is 22.0 Å². The average Bonchev–Trinajstić information content (AvgIpc) is 3.15. The Hall–Kier alpha value is -3.28. The molecule has 0 aromatic carbocycles. The Morgan fingerprint density at radius 1 is 1.12 bits per heavy atom. The van der Waals surface area contributed by atoms with E-state index in [1.54, 1.807) is 18.5 Å². The summed E-state index contributed by atoms with van der Waals surface area (Å²) in [6.45, 7) is 0. The molecule has 8 nitrogen and oxygen atoms in total. The van der Waals surface area contributed by atoms with Crippen LogP contribution in [-0.2, 0) is 14.6 Å². The molecule has 32 heavy (non-hydrogen) atoms. The third-order valence-corrected chi connectivity index (χ3v) is 5.94. The van der Waals surface area contributed by atoms with Crippen molar-refractivity contribution in [1.29, 1.82) is 0 Å². The standard InChI is InChI=1S/C18H18N4O2S.C2HF3O2/c1-25(23,24)15-7-14(9-19-10-15)13-5-6-20-16(8-13)18-21-11-17(22-18)12-3-2-4-12;3-2(4,5)1(6)7/h5-12H,2-4H2,1H3,(H,21,22);(H,6,7). The van der Waals surface area contributed by atoms with Crippen LogP contribution < -0.4 is 0 Å². The van der Waals surface area contributed by atoms with Crippen LogP contribution in [0.25, 0.3) is 22.6 Å². The molecule has 3 aromatic rings. The van der Waals surface area contributed by atoms with Gasteiger partial charge in [0.2, 0.25) is 0 Å². The quantitative estimate of drug-likeness (QED) is 0.596. The number of carboxylic acid groups (broad SMARTS) is 1. The lowest BCUT2D eigenvalue weighted by atomic mass is 9.83. The van der Waals surface area contributed by atoms with Gasteiger partial charge in [-0.25, -0.2) is 18.2 Å². The number of imidazole rings is 1. The first-order valence-electron chi connectivity index (χ1n) is 9.42. The zero-order valence-electron chi connectivity index (χ0n) is 16.8. The van der Waals surface area contributed by atoms with Gasteiger partial charge in [-0.2, -0.15) is 13.2 Å². The van der Waals surface area contributed by atoms with Crippen molar-refractivity contribution in [2.24, 2.45) is 0 Å². The Kier molecular flexibility index (Phi) is 6.63. The van der Waals surface area contributed by atoms with Crippen molar-refractivity contribution >= 4 is 15.8 Å². The van der Waals surface area contributed by atoms with E-state index in [4.69, 9.17) is 9.90 Å². The number of carbonyl (C=O) groups is 1. The lowest BCUT2D eigenvalue weighted by Crippen LogP contribution is -2.21. The topological polar surface area (TPSA) is 126 Å². The number of alkyl halides is 3. The van der Waals surface area contributed by atoms with Crippen LogP contribution in [0.1, 0.15) is 30.9 Å². The molecule has 3 heterocycles. The second kappa shape index (κ2) is 9.07. The highest BCUT2D eigenvalue weighted by atomic mass is 32.2. The Balaban J connectivity index is 0.000000360. The third kappa shape index (κ3) is 5.69. The summed E-state index contributed by atoms with van der Waals surface area (Å²) in [7, 11) is -3.29. The predicted octanol–water partition coefficient (Wildman–Crippen LogP) is 3.84. The molecule has 4 rings (SSSR count). The van der Waals surface area contributed by atoms with Crippen LogP contribution in [0.2, 0.25) is 0 Å². The SMILES string of the molecule is CS(=O)(=O)c1cncc(-c2ccnc(-c3ncc(C4CCC4)[nH]3)c2)c1.O=C(O)C(F)(F)F. The molecule has 1 aliphatic rings. The summed E-state index contributed by atoms with van der Waals surface area (Å²) < 4.78 is 55.2. The molecule has 0 aliphatic heterocycles. The third-order valence-electron chi connectivity index (χ3n) is 4.86.